The predicted molar refractivity (Wildman–Crippen MR) is 97.1 cm³/mol. The summed E-state index contributed by atoms with van der Waals surface area (Å²) in [5.41, 5.74) is 2.85. The average molecular weight is 308 g/mol. The van der Waals surface area contributed by atoms with Gasteiger partial charge in [0, 0.05) is 12.5 Å². The van der Waals surface area contributed by atoms with Crippen LogP contribution in [0, 0.1) is 0 Å². The number of hydrogen-bond donors (Lipinski definition) is 0. The lowest BCUT2D eigenvalue weighted by Gasteiger charge is -2.46. The van der Waals surface area contributed by atoms with E-state index in [1.54, 1.807) is 0 Å². The summed E-state index contributed by atoms with van der Waals surface area (Å²) in [4.78, 5) is 0. The van der Waals surface area contributed by atoms with E-state index in [9.17, 15) is 0 Å². The van der Waals surface area contributed by atoms with Crippen LogP contribution in [0.25, 0.3) is 16.8 Å². The molecule has 0 N–H and O–H groups in total. The highest BCUT2D eigenvalue weighted by Crippen LogP contribution is 2.46. The summed E-state index contributed by atoms with van der Waals surface area (Å²) in [6.45, 7) is 5.85. The molecule has 2 aromatic rings. The topological polar surface area (TPSA) is 9.23 Å². The second-order valence-corrected chi connectivity index (χ2v) is 10.3. The van der Waals surface area contributed by atoms with Crippen LogP contribution in [0.1, 0.15) is 36.3 Å². The highest BCUT2D eigenvalue weighted by atomic mass is 28.3. The fourth-order valence-corrected chi connectivity index (χ4v) is 6.67. The van der Waals surface area contributed by atoms with E-state index >= 15 is 0 Å². The van der Waals surface area contributed by atoms with E-state index in [1.165, 1.54) is 41.2 Å². The van der Waals surface area contributed by atoms with Crippen LogP contribution in [0.15, 0.2) is 42.5 Å². The maximum absolute atomic E-state index is 6.52. The van der Waals surface area contributed by atoms with Crippen molar-refractivity contribution in [3.05, 3.63) is 53.6 Å². The first-order valence-corrected chi connectivity index (χ1v) is 11.4. The highest BCUT2D eigenvalue weighted by Gasteiger charge is 2.45. The van der Waals surface area contributed by atoms with Gasteiger partial charge in [0.15, 0.2) is 0 Å². The van der Waals surface area contributed by atoms with Crippen molar-refractivity contribution in [1.29, 1.82) is 0 Å². The van der Waals surface area contributed by atoms with Gasteiger partial charge < -0.3 is 4.74 Å². The molecule has 22 heavy (non-hydrogen) atoms. The standard InChI is InChI=1S/C20H24OSi/c1-22(2)20(13-3-4-14-21-20)18-12-11-16-8-5-7-15-9-6-10-17(18)19(15)16/h5-12,18,22H,3-4,13-14H2,1-2H3. The van der Waals surface area contributed by atoms with Gasteiger partial charge in [0.2, 0.25) is 0 Å². The number of ether oxygens (including phenoxy) is 1. The Bertz CT molecular complexity index is 720. The fraction of sp³-hybridized carbons (Fsp3) is 0.400. The van der Waals surface area contributed by atoms with Gasteiger partial charge in [-0.15, -0.1) is 0 Å². The zero-order chi connectivity index (χ0) is 15.2. The number of benzene rings is 2. The lowest BCUT2D eigenvalue weighted by Crippen LogP contribution is -2.51. The van der Waals surface area contributed by atoms with Crippen molar-refractivity contribution in [3.63, 3.8) is 0 Å². The van der Waals surface area contributed by atoms with Crippen molar-refractivity contribution < 1.29 is 4.74 Å². The van der Waals surface area contributed by atoms with E-state index in [2.05, 4.69) is 61.6 Å². The molecule has 2 unspecified atom stereocenters. The lowest BCUT2D eigenvalue weighted by molar-refractivity contribution is -0.0313. The molecule has 1 heterocycles. The van der Waals surface area contributed by atoms with Gasteiger partial charge >= 0.3 is 0 Å². The fourth-order valence-electron chi connectivity index (χ4n) is 4.42. The summed E-state index contributed by atoms with van der Waals surface area (Å²) in [6.07, 6.45) is 8.52. The van der Waals surface area contributed by atoms with Gasteiger partial charge in [-0.1, -0.05) is 61.6 Å². The van der Waals surface area contributed by atoms with E-state index in [0.29, 0.717) is 5.92 Å². The Labute approximate surface area is 134 Å². The SMILES string of the molecule is C[SiH](C)C1(C2C=Cc3cccc4cccc2c34)CCCCO1. The van der Waals surface area contributed by atoms with Gasteiger partial charge in [-0.3, -0.25) is 0 Å². The van der Waals surface area contributed by atoms with Gasteiger partial charge in [-0.2, -0.15) is 0 Å². The second-order valence-electron chi connectivity index (χ2n) is 7.04. The molecular weight excluding hydrogens is 284 g/mol. The van der Waals surface area contributed by atoms with Gasteiger partial charge in [-0.05, 0) is 41.2 Å². The summed E-state index contributed by atoms with van der Waals surface area (Å²) in [5, 5.41) is 2.90. The van der Waals surface area contributed by atoms with E-state index in [4.69, 9.17) is 4.74 Å². The molecule has 2 atom stereocenters. The quantitative estimate of drug-likeness (QED) is 0.716. The van der Waals surface area contributed by atoms with Gasteiger partial charge in [-0.25, -0.2) is 0 Å². The van der Waals surface area contributed by atoms with Crippen molar-refractivity contribution in [3.8, 4) is 0 Å². The van der Waals surface area contributed by atoms with Crippen LogP contribution in [-0.2, 0) is 4.74 Å². The summed E-state index contributed by atoms with van der Waals surface area (Å²) in [5.74, 6) is 0.429. The average Bonchev–Trinajstić information content (AvgIpc) is 2.56. The molecule has 0 aromatic heterocycles. The molecule has 0 radical (unpaired) electrons. The van der Waals surface area contributed by atoms with Crippen LogP contribution >= 0.6 is 0 Å². The summed E-state index contributed by atoms with van der Waals surface area (Å²) in [6, 6.07) is 13.4. The van der Waals surface area contributed by atoms with E-state index in [-0.39, 0.29) is 5.22 Å². The van der Waals surface area contributed by atoms with Crippen molar-refractivity contribution in [2.24, 2.45) is 0 Å². The van der Waals surface area contributed by atoms with Crippen molar-refractivity contribution in [1.82, 2.24) is 0 Å². The molecule has 1 aliphatic carbocycles. The van der Waals surface area contributed by atoms with E-state index in [0.717, 1.165) is 6.61 Å². The molecule has 4 rings (SSSR count). The Kier molecular flexibility index (Phi) is 3.47. The van der Waals surface area contributed by atoms with Crippen molar-refractivity contribution in [2.75, 3.05) is 6.61 Å². The van der Waals surface area contributed by atoms with Crippen LogP contribution in [0.2, 0.25) is 13.1 Å². The molecule has 0 spiro atoms. The van der Waals surface area contributed by atoms with Crippen LogP contribution in [0.3, 0.4) is 0 Å². The van der Waals surface area contributed by atoms with Crippen molar-refractivity contribution >= 4 is 25.6 Å². The Balaban J connectivity index is 1.91. The normalized spacial score (nSPS) is 27.5. The first-order chi connectivity index (χ1) is 10.7. The van der Waals surface area contributed by atoms with Crippen LogP contribution < -0.4 is 0 Å². The molecule has 2 aromatic carbocycles. The number of hydrogen-bond acceptors (Lipinski definition) is 1. The molecule has 114 valence electrons. The summed E-state index contributed by atoms with van der Waals surface area (Å²) in [7, 11) is -0.958. The maximum atomic E-state index is 6.52. The molecule has 2 aliphatic rings. The smallest absolute Gasteiger partial charge is 0.0707 e. The zero-order valence-electron chi connectivity index (χ0n) is 13.5. The monoisotopic (exact) mass is 308 g/mol. The molecule has 0 amide bonds. The van der Waals surface area contributed by atoms with Gasteiger partial charge in [0.05, 0.1) is 14.0 Å². The Morgan fingerprint density at radius 2 is 1.91 bits per heavy atom. The summed E-state index contributed by atoms with van der Waals surface area (Å²) >= 11 is 0. The van der Waals surface area contributed by atoms with Crippen LogP contribution in [0.4, 0.5) is 0 Å². The largest absolute Gasteiger partial charge is 0.378 e. The predicted octanol–water partition coefficient (Wildman–Crippen LogP) is 4.92. The van der Waals surface area contributed by atoms with Crippen molar-refractivity contribution in [2.45, 2.75) is 43.5 Å². The first-order valence-electron chi connectivity index (χ1n) is 8.56. The third-order valence-corrected chi connectivity index (χ3v) is 8.38. The van der Waals surface area contributed by atoms with Gasteiger partial charge in [0.25, 0.3) is 0 Å². The molecule has 1 fully saturated rings. The second kappa shape index (κ2) is 5.36. The molecule has 2 heteroatoms. The van der Waals surface area contributed by atoms with Crippen LogP contribution in [0.5, 0.6) is 0 Å². The minimum absolute atomic E-state index is 0.0938. The van der Waals surface area contributed by atoms with E-state index in [1.807, 2.05) is 0 Å². The zero-order valence-corrected chi connectivity index (χ0v) is 14.7. The summed E-state index contributed by atoms with van der Waals surface area (Å²) < 4.78 is 6.52. The maximum Gasteiger partial charge on any atom is 0.0707 e. The Morgan fingerprint density at radius 3 is 2.64 bits per heavy atom. The molecule has 1 saturated heterocycles. The molecular formula is C20H24OSi. The third kappa shape index (κ3) is 2.01. The molecule has 1 nitrogen and oxygen atoms in total. The Hall–Kier alpha value is -1.38. The minimum Gasteiger partial charge on any atom is -0.378 e. The van der Waals surface area contributed by atoms with E-state index < -0.39 is 8.80 Å². The first kappa shape index (κ1) is 14.2. The van der Waals surface area contributed by atoms with Gasteiger partial charge in [0.1, 0.15) is 0 Å². The molecule has 0 bridgehead atoms. The number of rotatable bonds is 2. The third-order valence-electron chi connectivity index (χ3n) is 5.61. The minimum atomic E-state index is -0.958. The Morgan fingerprint density at radius 1 is 1.09 bits per heavy atom. The molecule has 1 aliphatic heterocycles. The molecule has 0 saturated carbocycles. The highest BCUT2D eigenvalue weighted by molar-refractivity contribution is 6.59. The van der Waals surface area contributed by atoms with Crippen LogP contribution in [-0.4, -0.2) is 20.6 Å². The lowest BCUT2D eigenvalue weighted by atomic mass is 9.80.